The second kappa shape index (κ2) is 5.63. The summed E-state index contributed by atoms with van der Waals surface area (Å²) in [5.74, 6) is 0.0945. The Kier molecular flexibility index (Phi) is 4.45. The Morgan fingerprint density at radius 3 is 2.80 bits per heavy atom. The Morgan fingerprint density at radius 2 is 2.27 bits per heavy atom. The van der Waals surface area contributed by atoms with Gasteiger partial charge in [0.1, 0.15) is 6.61 Å². The zero-order valence-electron chi connectivity index (χ0n) is 8.53. The largest absolute Gasteiger partial charge is 0.369 e. The third-order valence-electron chi connectivity index (χ3n) is 1.45. The van der Waals surface area contributed by atoms with Crippen molar-refractivity contribution in [1.29, 1.82) is 0 Å². The molecule has 82 valence electrons. The molecule has 15 heavy (non-hydrogen) atoms. The molecule has 0 saturated heterocycles. The number of rotatable bonds is 4. The van der Waals surface area contributed by atoms with E-state index in [4.69, 9.17) is 16.3 Å². The molecule has 0 spiro atoms. The first-order valence-electron chi connectivity index (χ1n) is 4.48. The Hall–Kier alpha value is -1.20. The molecule has 0 aliphatic rings. The minimum absolute atomic E-state index is 0.00196. The molecular formula is C9H12ClN3O2. The minimum atomic E-state index is -0.264. The first-order valence-corrected chi connectivity index (χ1v) is 4.86. The molecule has 0 saturated carbocycles. The maximum absolute atomic E-state index is 11.3. The van der Waals surface area contributed by atoms with Gasteiger partial charge in [-0.2, -0.15) is 0 Å². The van der Waals surface area contributed by atoms with E-state index >= 15 is 0 Å². The van der Waals surface area contributed by atoms with Gasteiger partial charge in [-0.15, -0.1) is 10.2 Å². The molecule has 0 aliphatic carbocycles. The molecule has 1 aromatic heterocycles. The van der Waals surface area contributed by atoms with E-state index in [0.717, 1.165) is 0 Å². The van der Waals surface area contributed by atoms with E-state index in [9.17, 15) is 4.79 Å². The number of carbonyl (C=O) groups is 1. The number of hydrogen-bond acceptors (Lipinski definition) is 4. The molecule has 6 heteroatoms. The number of anilines is 1. The number of halogens is 1. The predicted octanol–water partition coefficient (Wildman–Crippen LogP) is 1.49. The van der Waals surface area contributed by atoms with Crippen LogP contribution in [0, 0.1) is 0 Å². The van der Waals surface area contributed by atoms with Gasteiger partial charge in [0.15, 0.2) is 11.0 Å². The normalized spacial score (nSPS) is 10.4. The molecule has 0 atom stereocenters. The van der Waals surface area contributed by atoms with Crippen molar-refractivity contribution in [2.24, 2.45) is 0 Å². The SMILES string of the molecule is CC(C)OCC(=O)Nc1ccc(Cl)nn1. The minimum Gasteiger partial charge on any atom is -0.369 e. The van der Waals surface area contributed by atoms with Crippen LogP contribution >= 0.6 is 11.6 Å². The summed E-state index contributed by atoms with van der Waals surface area (Å²) in [5, 5.41) is 10.1. The number of aromatic nitrogens is 2. The van der Waals surface area contributed by atoms with Crippen molar-refractivity contribution in [2.75, 3.05) is 11.9 Å². The van der Waals surface area contributed by atoms with Crippen molar-refractivity contribution in [1.82, 2.24) is 10.2 Å². The number of ether oxygens (including phenoxy) is 1. The van der Waals surface area contributed by atoms with Gasteiger partial charge in [0.05, 0.1) is 6.10 Å². The fraction of sp³-hybridized carbons (Fsp3) is 0.444. The van der Waals surface area contributed by atoms with Crippen LogP contribution in [0.5, 0.6) is 0 Å². The van der Waals surface area contributed by atoms with Crippen LogP contribution in [0.25, 0.3) is 0 Å². The van der Waals surface area contributed by atoms with Gasteiger partial charge in [0.25, 0.3) is 5.91 Å². The average molecular weight is 230 g/mol. The summed E-state index contributed by atoms with van der Waals surface area (Å²) in [4.78, 5) is 11.3. The highest BCUT2D eigenvalue weighted by atomic mass is 35.5. The van der Waals surface area contributed by atoms with Gasteiger partial charge in [-0.3, -0.25) is 4.79 Å². The van der Waals surface area contributed by atoms with E-state index in [1.54, 1.807) is 12.1 Å². The van der Waals surface area contributed by atoms with Crippen molar-refractivity contribution in [2.45, 2.75) is 20.0 Å². The predicted molar refractivity (Wildman–Crippen MR) is 56.8 cm³/mol. The Balaban J connectivity index is 2.41. The summed E-state index contributed by atoms with van der Waals surface area (Å²) in [6, 6.07) is 3.12. The van der Waals surface area contributed by atoms with Crippen molar-refractivity contribution >= 4 is 23.3 Å². The van der Waals surface area contributed by atoms with E-state index < -0.39 is 0 Å². The number of amides is 1. The summed E-state index contributed by atoms with van der Waals surface area (Å²) in [6.45, 7) is 3.72. The molecule has 0 unspecified atom stereocenters. The lowest BCUT2D eigenvalue weighted by Crippen LogP contribution is -2.21. The summed E-state index contributed by atoms with van der Waals surface area (Å²) in [6.07, 6.45) is 0.0204. The van der Waals surface area contributed by atoms with E-state index in [-0.39, 0.29) is 23.8 Å². The first-order chi connectivity index (χ1) is 7.08. The monoisotopic (exact) mass is 229 g/mol. The molecule has 1 rings (SSSR count). The molecule has 1 heterocycles. The highest BCUT2D eigenvalue weighted by Crippen LogP contribution is 2.05. The summed E-state index contributed by atoms with van der Waals surface area (Å²) >= 11 is 5.54. The molecule has 0 bridgehead atoms. The number of nitrogens with one attached hydrogen (secondary N) is 1. The van der Waals surface area contributed by atoms with Crippen LogP contribution in [0.3, 0.4) is 0 Å². The fourth-order valence-electron chi connectivity index (χ4n) is 0.804. The molecule has 0 aromatic carbocycles. The molecular weight excluding hydrogens is 218 g/mol. The number of nitrogens with zero attached hydrogens (tertiary/aromatic N) is 2. The van der Waals surface area contributed by atoms with E-state index in [1.165, 1.54) is 0 Å². The topological polar surface area (TPSA) is 64.1 Å². The van der Waals surface area contributed by atoms with Gasteiger partial charge in [0, 0.05) is 0 Å². The van der Waals surface area contributed by atoms with E-state index in [2.05, 4.69) is 15.5 Å². The third-order valence-corrected chi connectivity index (χ3v) is 1.65. The third kappa shape index (κ3) is 4.71. The van der Waals surface area contributed by atoms with Gasteiger partial charge >= 0.3 is 0 Å². The molecule has 0 fully saturated rings. The summed E-state index contributed by atoms with van der Waals surface area (Å²) in [5.41, 5.74) is 0. The second-order valence-electron chi connectivity index (χ2n) is 3.15. The molecule has 5 nitrogen and oxygen atoms in total. The van der Waals surface area contributed by atoms with Crippen LogP contribution in [0.1, 0.15) is 13.8 Å². The molecule has 0 radical (unpaired) electrons. The van der Waals surface area contributed by atoms with Crippen LogP contribution in [-0.4, -0.2) is 28.8 Å². The highest BCUT2D eigenvalue weighted by Gasteiger charge is 2.04. The highest BCUT2D eigenvalue weighted by molar-refractivity contribution is 6.29. The number of carbonyl (C=O) groups excluding carboxylic acids is 1. The van der Waals surface area contributed by atoms with Crippen LogP contribution in [-0.2, 0) is 9.53 Å². The molecule has 0 aliphatic heterocycles. The number of hydrogen-bond donors (Lipinski definition) is 1. The maximum atomic E-state index is 11.3. The smallest absolute Gasteiger partial charge is 0.251 e. The maximum Gasteiger partial charge on any atom is 0.251 e. The van der Waals surface area contributed by atoms with Gasteiger partial charge < -0.3 is 10.1 Å². The van der Waals surface area contributed by atoms with E-state index in [1.807, 2.05) is 13.8 Å². The van der Waals surface area contributed by atoms with Crippen LogP contribution in [0.4, 0.5) is 5.82 Å². The standard InChI is InChI=1S/C9H12ClN3O2/c1-6(2)15-5-9(14)11-8-4-3-7(10)12-13-8/h3-4,6H,5H2,1-2H3,(H,11,13,14). The summed E-state index contributed by atoms with van der Waals surface area (Å²) in [7, 11) is 0. The fourth-order valence-corrected chi connectivity index (χ4v) is 0.905. The lowest BCUT2D eigenvalue weighted by Gasteiger charge is -2.07. The molecule has 1 amide bonds. The lowest BCUT2D eigenvalue weighted by atomic mass is 10.5. The van der Waals surface area contributed by atoms with Crippen LogP contribution in [0.2, 0.25) is 5.15 Å². The average Bonchev–Trinajstić information content (AvgIpc) is 2.19. The van der Waals surface area contributed by atoms with Crippen LogP contribution < -0.4 is 5.32 Å². The van der Waals surface area contributed by atoms with Crippen molar-refractivity contribution in [3.8, 4) is 0 Å². The summed E-state index contributed by atoms with van der Waals surface area (Å²) < 4.78 is 5.11. The van der Waals surface area contributed by atoms with Gasteiger partial charge in [0.2, 0.25) is 0 Å². The lowest BCUT2D eigenvalue weighted by molar-refractivity contribution is -0.121. The Bertz CT molecular complexity index is 327. The molecule has 1 N–H and O–H groups in total. The van der Waals surface area contributed by atoms with Gasteiger partial charge in [-0.25, -0.2) is 0 Å². The van der Waals surface area contributed by atoms with Crippen molar-refractivity contribution in [3.63, 3.8) is 0 Å². The Morgan fingerprint density at radius 1 is 1.53 bits per heavy atom. The van der Waals surface area contributed by atoms with E-state index in [0.29, 0.717) is 5.82 Å². The quantitative estimate of drug-likeness (QED) is 0.850. The van der Waals surface area contributed by atoms with Crippen LogP contribution in [0.15, 0.2) is 12.1 Å². The zero-order valence-corrected chi connectivity index (χ0v) is 9.28. The van der Waals surface area contributed by atoms with Gasteiger partial charge in [-0.1, -0.05) is 11.6 Å². The zero-order chi connectivity index (χ0) is 11.3. The first kappa shape index (κ1) is 11.9. The Labute approximate surface area is 92.8 Å². The van der Waals surface area contributed by atoms with Gasteiger partial charge in [-0.05, 0) is 26.0 Å². The second-order valence-corrected chi connectivity index (χ2v) is 3.54. The van der Waals surface area contributed by atoms with Crippen molar-refractivity contribution in [3.05, 3.63) is 17.3 Å². The van der Waals surface area contributed by atoms with Crippen molar-refractivity contribution < 1.29 is 9.53 Å². The molecule has 1 aromatic rings.